The van der Waals surface area contributed by atoms with Crippen LogP contribution in [0, 0.1) is 6.92 Å². The van der Waals surface area contributed by atoms with E-state index in [2.05, 4.69) is 5.32 Å². The standard InChI is InChI=1S/C18H23ClN4O4S/c1-11-4-5-15-14(17(11)19)10-16(22(15)3)18(25)20-13-6-8-23(9-7-13)28(26,27)21-12(2)24/h4-5,10,13H,6-9H2,1-3H3,(H,20,25)(H,21,24). The number of nitrogens with one attached hydrogen (secondary N) is 2. The van der Waals surface area contributed by atoms with Gasteiger partial charge in [0.2, 0.25) is 5.91 Å². The van der Waals surface area contributed by atoms with E-state index in [-0.39, 0.29) is 25.0 Å². The maximum absolute atomic E-state index is 12.8. The zero-order valence-electron chi connectivity index (χ0n) is 16.0. The Kier molecular flexibility index (Phi) is 5.69. The number of fused-ring (bicyclic) bond motifs is 1. The zero-order valence-corrected chi connectivity index (χ0v) is 17.5. The molecule has 0 spiro atoms. The molecule has 10 heteroatoms. The molecule has 8 nitrogen and oxygen atoms in total. The third-order valence-electron chi connectivity index (χ3n) is 4.99. The van der Waals surface area contributed by atoms with Crippen molar-refractivity contribution < 1.29 is 18.0 Å². The number of aromatic nitrogens is 1. The Hall–Kier alpha value is -2.10. The Balaban J connectivity index is 1.68. The molecule has 0 unspecified atom stereocenters. The second kappa shape index (κ2) is 7.73. The minimum atomic E-state index is -3.82. The Bertz CT molecular complexity index is 1040. The van der Waals surface area contributed by atoms with Crippen LogP contribution >= 0.6 is 11.6 Å². The van der Waals surface area contributed by atoms with Crippen molar-refractivity contribution in [2.75, 3.05) is 13.1 Å². The molecule has 1 fully saturated rings. The van der Waals surface area contributed by atoms with Crippen LogP contribution < -0.4 is 10.0 Å². The van der Waals surface area contributed by atoms with E-state index in [0.29, 0.717) is 23.6 Å². The van der Waals surface area contributed by atoms with Gasteiger partial charge < -0.3 is 9.88 Å². The van der Waals surface area contributed by atoms with Crippen LogP contribution in [0.2, 0.25) is 5.02 Å². The van der Waals surface area contributed by atoms with Gasteiger partial charge in [0.1, 0.15) is 5.69 Å². The zero-order chi connectivity index (χ0) is 20.6. The lowest BCUT2D eigenvalue weighted by Crippen LogP contribution is -2.50. The number of hydrogen-bond acceptors (Lipinski definition) is 4. The van der Waals surface area contributed by atoms with Gasteiger partial charge in [-0.1, -0.05) is 17.7 Å². The first-order valence-corrected chi connectivity index (χ1v) is 10.8. The topological polar surface area (TPSA) is 101 Å². The van der Waals surface area contributed by atoms with Crippen molar-refractivity contribution in [1.29, 1.82) is 0 Å². The normalized spacial score (nSPS) is 16.3. The van der Waals surface area contributed by atoms with Crippen LogP contribution in [0.1, 0.15) is 35.8 Å². The van der Waals surface area contributed by atoms with E-state index in [9.17, 15) is 18.0 Å². The van der Waals surface area contributed by atoms with Crippen molar-refractivity contribution in [3.63, 3.8) is 0 Å². The van der Waals surface area contributed by atoms with E-state index in [1.165, 1.54) is 4.31 Å². The second-order valence-electron chi connectivity index (χ2n) is 7.03. The van der Waals surface area contributed by atoms with Crippen molar-refractivity contribution in [2.45, 2.75) is 32.7 Å². The summed E-state index contributed by atoms with van der Waals surface area (Å²) in [4.78, 5) is 23.8. The molecule has 152 valence electrons. The van der Waals surface area contributed by atoms with Gasteiger partial charge in [-0.3, -0.25) is 9.59 Å². The van der Waals surface area contributed by atoms with Gasteiger partial charge in [-0.05, 0) is 37.5 Å². The average molecular weight is 427 g/mol. The molecule has 0 radical (unpaired) electrons. The van der Waals surface area contributed by atoms with E-state index in [4.69, 9.17) is 11.6 Å². The van der Waals surface area contributed by atoms with Gasteiger partial charge in [0.25, 0.3) is 5.91 Å². The quantitative estimate of drug-likeness (QED) is 0.777. The van der Waals surface area contributed by atoms with Crippen LogP contribution in [0.3, 0.4) is 0 Å². The maximum Gasteiger partial charge on any atom is 0.303 e. The molecule has 2 heterocycles. The number of rotatable bonds is 4. The molecular formula is C18H23ClN4O4S. The number of piperidine rings is 1. The lowest BCUT2D eigenvalue weighted by molar-refractivity contribution is -0.117. The van der Waals surface area contributed by atoms with Crippen LogP contribution in [-0.4, -0.2) is 48.2 Å². The van der Waals surface area contributed by atoms with Gasteiger partial charge in [-0.25, -0.2) is 4.72 Å². The fourth-order valence-electron chi connectivity index (χ4n) is 3.45. The Morgan fingerprint density at radius 3 is 2.46 bits per heavy atom. The minimum absolute atomic E-state index is 0.147. The molecule has 2 amide bonds. The summed E-state index contributed by atoms with van der Waals surface area (Å²) in [5.74, 6) is -0.851. The van der Waals surface area contributed by atoms with Crippen LogP contribution in [0.15, 0.2) is 18.2 Å². The predicted octanol–water partition coefficient (Wildman–Crippen LogP) is 1.72. The molecule has 0 aliphatic carbocycles. The maximum atomic E-state index is 12.8. The number of carbonyl (C=O) groups excluding carboxylic acids is 2. The summed E-state index contributed by atoms with van der Waals surface area (Å²) in [5, 5.41) is 4.43. The molecule has 0 bridgehead atoms. The molecule has 1 aliphatic heterocycles. The molecule has 1 aromatic heterocycles. The molecule has 2 N–H and O–H groups in total. The Morgan fingerprint density at radius 1 is 1.21 bits per heavy atom. The van der Waals surface area contributed by atoms with Crippen LogP contribution in [0.4, 0.5) is 0 Å². The van der Waals surface area contributed by atoms with Gasteiger partial charge in [0, 0.05) is 44.0 Å². The molecule has 1 saturated heterocycles. The van der Waals surface area contributed by atoms with E-state index in [0.717, 1.165) is 23.4 Å². The molecule has 0 saturated carbocycles. The summed E-state index contributed by atoms with van der Waals surface area (Å²) < 4.78 is 29.1. The highest BCUT2D eigenvalue weighted by atomic mass is 35.5. The van der Waals surface area contributed by atoms with Crippen molar-refractivity contribution in [1.82, 2.24) is 18.9 Å². The number of carbonyl (C=O) groups is 2. The van der Waals surface area contributed by atoms with Crippen molar-refractivity contribution in [3.05, 3.63) is 34.5 Å². The second-order valence-corrected chi connectivity index (χ2v) is 9.08. The van der Waals surface area contributed by atoms with E-state index in [1.807, 2.05) is 30.8 Å². The lowest BCUT2D eigenvalue weighted by atomic mass is 10.1. The van der Waals surface area contributed by atoms with Gasteiger partial charge >= 0.3 is 10.2 Å². The SMILES string of the molecule is CC(=O)NS(=O)(=O)N1CCC(NC(=O)c2cc3c(Cl)c(C)ccc3n2C)CC1. The molecular weight excluding hydrogens is 404 g/mol. The Morgan fingerprint density at radius 2 is 1.86 bits per heavy atom. The average Bonchev–Trinajstić information content (AvgIpc) is 2.95. The monoisotopic (exact) mass is 426 g/mol. The van der Waals surface area contributed by atoms with Crippen molar-refractivity contribution >= 4 is 44.5 Å². The summed E-state index contributed by atoms with van der Waals surface area (Å²) >= 11 is 6.37. The number of benzene rings is 1. The summed E-state index contributed by atoms with van der Waals surface area (Å²) in [5.41, 5.74) is 2.31. The van der Waals surface area contributed by atoms with Crippen LogP contribution in [0.5, 0.6) is 0 Å². The fourth-order valence-corrected chi connectivity index (χ4v) is 4.85. The van der Waals surface area contributed by atoms with E-state index >= 15 is 0 Å². The minimum Gasteiger partial charge on any atom is -0.348 e. The van der Waals surface area contributed by atoms with Crippen LogP contribution in [-0.2, 0) is 22.1 Å². The first-order valence-electron chi connectivity index (χ1n) is 8.94. The summed E-state index contributed by atoms with van der Waals surface area (Å²) in [7, 11) is -2.01. The van der Waals surface area contributed by atoms with Crippen LogP contribution in [0.25, 0.3) is 10.9 Å². The molecule has 3 rings (SSSR count). The fraction of sp³-hybridized carbons (Fsp3) is 0.444. The van der Waals surface area contributed by atoms with Gasteiger partial charge in [-0.2, -0.15) is 12.7 Å². The molecule has 1 aromatic carbocycles. The largest absolute Gasteiger partial charge is 0.348 e. The van der Waals surface area contributed by atoms with Crippen molar-refractivity contribution in [3.8, 4) is 0 Å². The third kappa shape index (κ3) is 4.01. The first kappa shape index (κ1) is 20.6. The van der Waals surface area contributed by atoms with E-state index < -0.39 is 16.1 Å². The number of aryl methyl sites for hydroxylation is 2. The number of nitrogens with zero attached hydrogens (tertiary/aromatic N) is 2. The number of halogens is 1. The Labute approximate surface area is 169 Å². The summed E-state index contributed by atoms with van der Waals surface area (Å²) in [6.45, 7) is 3.53. The molecule has 0 atom stereocenters. The lowest BCUT2D eigenvalue weighted by Gasteiger charge is -2.31. The van der Waals surface area contributed by atoms with E-state index in [1.54, 1.807) is 10.6 Å². The highest BCUT2D eigenvalue weighted by Gasteiger charge is 2.29. The number of amides is 2. The van der Waals surface area contributed by atoms with Gasteiger partial charge in [-0.15, -0.1) is 0 Å². The van der Waals surface area contributed by atoms with Gasteiger partial charge in [0.15, 0.2) is 0 Å². The smallest absolute Gasteiger partial charge is 0.303 e. The summed E-state index contributed by atoms with van der Waals surface area (Å²) in [6, 6.07) is 5.47. The van der Waals surface area contributed by atoms with Gasteiger partial charge in [0.05, 0.1) is 5.02 Å². The first-order chi connectivity index (χ1) is 13.1. The predicted molar refractivity (Wildman–Crippen MR) is 107 cm³/mol. The third-order valence-corrected chi connectivity index (χ3v) is 7.08. The number of hydrogen-bond donors (Lipinski definition) is 2. The highest BCUT2D eigenvalue weighted by molar-refractivity contribution is 7.87. The molecule has 2 aromatic rings. The molecule has 28 heavy (non-hydrogen) atoms. The summed E-state index contributed by atoms with van der Waals surface area (Å²) in [6.07, 6.45) is 0.933. The highest BCUT2D eigenvalue weighted by Crippen LogP contribution is 2.29. The molecule has 1 aliphatic rings. The van der Waals surface area contributed by atoms with Crippen molar-refractivity contribution in [2.24, 2.45) is 7.05 Å².